The lowest BCUT2D eigenvalue weighted by Gasteiger charge is -2.29. The number of ketones is 1. The van der Waals surface area contributed by atoms with Gasteiger partial charge in [0.15, 0.2) is 5.78 Å². The van der Waals surface area contributed by atoms with E-state index < -0.39 is 23.9 Å². The van der Waals surface area contributed by atoms with Crippen LogP contribution in [0.3, 0.4) is 0 Å². The Bertz CT molecular complexity index is 537. The summed E-state index contributed by atoms with van der Waals surface area (Å²) >= 11 is 0. The number of nitrogens with one attached hydrogen (secondary N) is 1. The van der Waals surface area contributed by atoms with Gasteiger partial charge in [-0.05, 0) is 31.2 Å². The first-order chi connectivity index (χ1) is 9.85. The van der Waals surface area contributed by atoms with Crippen molar-refractivity contribution in [3.05, 3.63) is 23.8 Å². The van der Waals surface area contributed by atoms with E-state index in [0.717, 1.165) is 0 Å². The highest BCUT2D eigenvalue weighted by atomic mass is 19.4. The number of hydrogen-bond acceptors (Lipinski definition) is 4. The zero-order chi connectivity index (χ0) is 15.7. The van der Waals surface area contributed by atoms with E-state index in [0.29, 0.717) is 5.75 Å². The summed E-state index contributed by atoms with van der Waals surface area (Å²) in [6, 6.07) is 4.24. The summed E-state index contributed by atoms with van der Waals surface area (Å²) < 4.78 is 50.3. The van der Waals surface area contributed by atoms with E-state index in [9.17, 15) is 18.0 Å². The van der Waals surface area contributed by atoms with E-state index in [1.54, 1.807) is 0 Å². The lowest BCUT2D eigenvalue weighted by molar-refractivity contribution is -0.197. The molecule has 1 aromatic rings. The van der Waals surface area contributed by atoms with Crippen molar-refractivity contribution in [3.8, 4) is 11.5 Å². The Balaban J connectivity index is 2.51. The minimum atomic E-state index is -4.62. The van der Waals surface area contributed by atoms with Gasteiger partial charge >= 0.3 is 6.18 Å². The molecule has 1 fully saturated rings. The largest absolute Gasteiger partial charge is 0.497 e. The van der Waals surface area contributed by atoms with Crippen LogP contribution in [0.5, 0.6) is 11.5 Å². The van der Waals surface area contributed by atoms with Crippen molar-refractivity contribution in [2.45, 2.75) is 12.6 Å². The molecule has 1 unspecified atom stereocenters. The van der Waals surface area contributed by atoms with E-state index in [2.05, 4.69) is 5.32 Å². The molecule has 1 saturated heterocycles. The number of benzene rings is 1. The van der Waals surface area contributed by atoms with Crippen LogP contribution in [0.1, 0.15) is 16.8 Å². The second-order valence-corrected chi connectivity index (χ2v) is 4.90. The molecule has 0 aromatic heterocycles. The molecule has 1 aliphatic rings. The Kier molecular flexibility index (Phi) is 4.13. The van der Waals surface area contributed by atoms with E-state index in [-0.39, 0.29) is 24.3 Å². The predicted molar refractivity (Wildman–Crippen MR) is 69.9 cm³/mol. The van der Waals surface area contributed by atoms with Crippen LogP contribution in [-0.4, -0.2) is 39.3 Å². The first-order valence-corrected chi connectivity index (χ1v) is 6.40. The fourth-order valence-electron chi connectivity index (χ4n) is 2.51. The first kappa shape index (κ1) is 15.6. The van der Waals surface area contributed by atoms with E-state index in [4.69, 9.17) is 9.47 Å². The SMILES string of the molecule is COc1ccc(OC)c(C(=O)C2(C(F)(F)F)CCNC2)c1. The van der Waals surface area contributed by atoms with Crippen LogP contribution in [0.2, 0.25) is 0 Å². The summed E-state index contributed by atoms with van der Waals surface area (Å²) in [6.07, 6.45) is -4.91. The monoisotopic (exact) mass is 303 g/mol. The number of hydrogen-bond donors (Lipinski definition) is 1. The number of carbonyl (C=O) groups excluding carboxylic acids is 1. The summed E-state index contributed by atoms with van der Waals surface area (Å²) in [5.74, 6) is -0.575. The van der Waals surface area contributed by atoms with Crippen molar-refractivity contribution < 1.29 is 27.4 Å². The molecule has 4 nitrogen and oxygen atoms in total. The molecule has 1 atom stereocenters. The molecule has 0 spiro atoms. The minimum absolute atomic E-state index is 0.108. The molecule has 1 N–H and O–H groups in total. The molecule has 7 heteroatoms. The fourth-order valence-corrected chi connectivity index (χ4v) is 2.51. The number of ether oxygens (including phenoxy) is 2. The van der Waals surface area contributed by atoms with Crippen LogP contribution >= 0.6 is 0 Å². The van der Waals surface area contributed by atoms with Crippen molar-refractivity contribution >= 4 is 5.78 Å². The predicted octanol–water partition coefficient (Wildman–Crippen LogP) is 2.43. The highest BCUT2D eigenvalue weighted by Gasteiger charge is 2.61. The Morgan fingerprint density at radius 3 is 2.48 bits per heavy atom. The van der Waals surface area contributed by atoms with Gasteiger partial charge in [0.25, 0.3) is 0 Å². The van der Waals surface area contributed by atoms with Crippen molar-refractivity contribution in [1.82, 2.24) is 5.32 Å². The third-order valence-electron chi connectivity index (χ3n) is 3.78. The highest BCUT2D eigenvalue weighted by Crippen LogP contribution is 2.46. The summed E-state index contributed by atoms with van der Waals surface area (Å²) in [6.45, 7) is -0.271. The maximum absolute atomic E-state index is 13.4. The zero-order valence-corrected chi connectivity index (χ0v) is 11.7. The highest BCUT2D eigenvalue weighted by molar-refractivity contribution is 6.04. The van der Waals surface area contributed by atoms with Crippen molar-refractivity contribution in [2.24, 2.45) is 5.41 Å². The lowest BCUT2D eigenvalue weighted by Crippen LogP contribution is -2.46. The number of Topliss-reactive ketones (excluding diaryl/α,β-unsaturated/α-hetero) is 1. The molecule has 2 rings (SSSR count). The second-order valence-electron chi connectivity index (χ2n) is 4.90. The van der Waals surface area contributed by atoms with Crippen molar-refractivity contribution in [1.29, 1.82) is 0 Å². The normalized spacial score (nSPS) is 22.1. The van der Waals surface area contributed by atoms with Gasteiger partial charge in [-0.15, -0.1) is 0 Å². The molecule has 1 aromatic carbocycles. The van der Waals surface area contributed by atoms with Crippen LogP contribution in [0.15, 0.2) is 18.2 Å². The summed E-state index contributed by atoms with van der Waals surface area (Å²) in [4.78, 5) is 12.6. The van der Waals surface area contributed by atoms with Crippen LogP contribution < -0.4 is 14.8 Å². The first-order valence-electron chi connectivity index (χ1n) is 6.40. The molecule has 0 saturated carbocycles. The summed E-state index contributed by atoms with van der Waals surface area (Å²) in [5, 5.41) is 2.62. The maximum Gasteiger partial charge on any atom is 0.402 e. The van der Waals surface area contributed by atoms with Crippen LogP contribution in [0.4, 0.5) is 13.2 Å². The Hall–Kier alpha value is -1.76. The van der Waals surface area contributed by atoms with Crippen LogP contribution in [0, 0.1) is 5.41 Å². The molecule has 21 heavy (non-hydrogen) atoms. The molecule has 1 aliphatic heterocycles. The topological polar surface area (TPSA) is 47.6 Å². The van der Waals surface area contributed by atoms with Crippen LogP contribution in [0.25, 0.3) is 0 Å². The Labute approximate surface area is 120 Å². The van der Waals surface area contributed by atoms with E-state index >= 15 is 0 Å². The average molecular weight is 303 g/mol. The third-order valence-corrected chi connectivity index (χ3v) is 3.78. The van der Waals surface area contributed by atoms with Gasteiger partial charge in [0, 0.05) is 6.54 Å². The zero-order valence-electron chi connectivity index (χ0n) is 11.7. The third kappa shape index (κ3) is 2.57. The maximum atomic E-state index is 13.4. The Morgan fingerprint density at radius 2 is 2.00 bits per heavy atom. The summed E-state index contributed by atoms with van der Waals surface area (Å²) in [7, 11) is 2.69. The van der Waals surface area contributed by atoms with E-state index in [1.807, 2.05) is 0 Å². The second kappa shape index (κ2) is 5.55. The number of methoxy groups -OCH3 is 2. The number of carbonyl (C=O) groups is 1. The standard InChI is InChI=1S/C14H16F3NO3/c1-20-9-3-4-11(21-2)10(7-9)12(19)13(14(15,16)17)5-6-18-8-13/h3-4,7,18H,5-6,8H2,1-2H3. The molecular formula is C14H16F3NO3. The van der Waals surface area contributed by atoms with Gasteiger partial charge in [-0.25, -0.2) is 0 Å². The molecule has 116 valence electrons. The molecular weight excluding hydrogens is 287 g/mol. The van der Waals surface area contributed by atoms with Gasteiger partial charge in [0.05, 0.1) is 19.8 Å². The van der Waals surface area contributed by atoms with Gasteiger partial charge in [-0.2, -0.15) is 13.2 Å². The molecule has 0 aliphatic carbocycles. The van der Waals surface area contributed by atoms with Crippen molar-refractivity contribution in [3.63, 3.8) is 0 Å². The number of halogens is 3. The Morgan fingerprint density at radius 1 is 1.29 bits per heavy atom. The summed E-state index contributed by atoms with van der Waals surface area (Å²) in [5.41, 5.74) is -2.52. The van der Waals surface area contributed by atoms with Gasteiger partial charge < -0.3 is 14.8 Å². The molecule has 1 heterocycles. The molecule has 0 amide bonds. The van der Waals surface area contributed by atoms with Crippen LogP contribution in [-0.2, 0) is 0 Å². The number of rotatable bonds is 4. The van der Waals surface area contributed by atoms with E-state index in [1.165, 1.54) is 32.4 Å². The minimum Gasteiger partial charge on any atom is -0.497 e. The van der Waals surface area contributed by atoms with Gasteiger partial charge in [-0.1, -0.05) is 0 Å². The fraction of sp³-hybridized carbons (Fsp3) is 0.500. The average Bonchev–Trinajstić information content (AvgIpc) is 2.96. The quantitative estimate of drug-likeness (QED) is 0.868. The van der Waals surface area contributed by atoms with Gasteiger partial charge in [-0.3, -0.25) is 4.79 Å². The molecule has 0 bridgehead atoms. The molecule has 0 radical (unpaired) electrons. The number of alkyl halides is 3. The van der Waals surface area contributed by atoms with Gasteiger partial charge in [0.2, 0.25) is 0 Å². The smallest absolute Gasteiger partial charge is 0.402 e. The van der Waals surface area contributed by atoms with Gasteiger partial charge in [0.1, 0.15) is 16.9 Å². The lowest BCUT2D eigenvalue weighted by atomic mass is 9.78. The van der Waals surface area contributed by atoms with Crippen molar-refractivity contribution in [2.75, 3.05) is 27.3 Å².